The average molecular weight is 334 g/mol. The second kappa shape index (κ2) is 11.5. The molecular formula is C18H30N4O2. The van der Waals surface area contributed by atoms with Crippen LogP contribution in [0.2, 0.25) is 0 Å². The number of nitrogens with zero attached hydrogens (tertiary/aromatic N) is 2. The van der Waals surface area contributed by atoms with Crippen molar-refractivity contribution >= 4 is 11.9 Å². The van der Waals surface area contributed by atoms with Crippen molar-refractivity contribution in [3.8, 4) is 0 Å². The van der Waals surface area contributed by atoms with Crippen LogP contribution in [0.5, 0.6) is 0 Å². The Morgan fingerprint density at radius 2 is 1.79 bits per heavy atom. The topological polar surface area (TPSA) is 66.0 Å². The Hall–Kier alpha value is -2.08. The standard InChI is InChI=1S/C18H30N4O2/c1-5-19-18(20-12-13-24-4)21-14-15-8-10-16(11-9-15)17(23)22(6-2)7-3/h8-11H,5-7,12-14H2,1-4H3,(H2,19,20,21). The molecule has 0 aliphatic heterocycles. The summed E-state index contributed by atoms with van der Waals surface area (Å²) in [7, 11) is 1.67. The quantitative estimate of drug-likeness (QED) is 0.411. The van der Waals surface area contributed by atoms with Crippen molar-refractivity contribution in [1.82, 2.24) is 15.5 Å². The first-order valence-corrected chi connectivity index (χ1v) is 8.55. The van der Waals surface area contributed by atoms with Crippen LogP contribution in [0.1, 0.15) is 36.7 Å². The summed E-state index contributed by atoms with van der Waals surface area (Å²) < 4.78 is 5.03. The second-order valence-corrected chi connectivity index (χ2v) is 5.29. The van der Waals surface area contributed by atoms with Crippen LogP contribution < -0.4 is 10.6 Å². The number of carbonyl (C=O) groups is 1. The maximum atomic E-state index is 12.3. The van der Waals surface area contributed by atoms with E-state index < -0.39 is 0 Å². The first kappa shape index (κ1) is 20.0. The van der Waals surface area contributed by atoms with Gasteiger partial charge in [0.25, 0.3) is 5.91 Å². The number of methoxy groups -OCH3 is 1. The molecule has 24 heavy (non-hydrogen) atoms. The normalized spacial score (nSPS) is 11.2. The van der Waals surface area contributed by atoms with E-state index in [2.05, 4.69) is 15.6 Å². The fraction of sp³-hybridized carbons (Fsp3) is 0.556. The lowest BCUT2D eigenvalue weighted by Crippen LogP contribution is -2.38. The minimum Gasteiger partial charge on any atom is -0.383 e. The lowest BCUT2D eigenvalue weighted by molar-refractivity contribution is 0.0773. The van der Waals surface area contributed by atoms with Crippen molar-refractivity contribution in [3.63, 3.8) is 0 Å². The molecule has 0 aliphatic carbocycles. The molecule has 1 amide bonds. The van der Waals surface area contributed by atoms with E-state index in [9.17, 15) is 4.79 Å². The highest BCUT2D eigenvalue weighted by Crippen LogP contribution is 2.09. The maximum absolute atomic E-state index is 12.3. The molecule has 6 heteroatoms. The van der Waals surface area contributed by atoms with Gasteiger partial charge in [0, 0.05) is 38.9 Å². The average Bonchev–Trinajstić information content (AvgIpc) is 2.61. The van der Waals surface area contributed by atoms with Gasteiger partial charge in [0.05, 0.1) is 13.2 Å². The predicted molar refractivity (Wildman–Crippen MR) is 98.4 cm³/mol. The van der Waals surface area contributed by atoms with Crippen molar-refractivity contribution in [2.45, 2.75) is 27.3 Å². The van der Waals surface area contributed by atoms with Crippen LogP contribution in [0.4, 0.5) is 0 Å². The number of benzene rings is 1. The Bertz CT molecular complexity index is 510. The van der Waals surface area contributed by atoms with Gasteiger partial charge >= 0.3 is 0 Å². The lowest BCUT2D eigenvalue weighted by Gasteiger charge is -2.18. The van der Waals surface area contributed by atoms with Gasteiger partial charge in [-0.2, -0.15) is 0 Å². The third-order valence-corrected chi connectivity index (χ3v) is 3.61. The second-order valence-electron chi connectivity index (χ2n) is 5.29. The molecule has 0 bridgehead atoms. The van der Waals surface area contributed by atoms with Gasteiger partial charge in [-0.25, -0.2) is 4.99 Å². The van der Waals surface area contributed by atoms with Crippen LogP contribution in [0.3, 0.4) is 0 Å². The molecule has 0 unspecified atom stereocenters. The molecule has 0 aromatic heterocycles. The zero-order chi connectivity index (χ0) is 17.8. The summed E-state index contributed by atoms with van der Waals surface area (Å²) in [5.74, 6) is 0.836. The van der Waals surface area contributed by atoms with Crippen LogP contribution in [0.15, 0.2) is 29.3 Å². The Balaban J connectivity index is 2.67. The monoisotopic (exact) mass is 334 g/mol. The highest BCUT2D eigenvalue weighted by atomic mass is 16.5. The van der Waals surface area contributed by atoms with E-state index in [1.54, 1.807) is 7.11 Å². The van der Waals surface area contributed by atoms with Gasteiger partial charge in [-0.15, -0.1) is 0 Å². The Kier molecular flexibility index (Phi) is 9.53. The molecule has 1 aromatic carbocycles. The fourth-order valence-electron chi connectivity index (χ4n) is 2.23. The molecule has 1 rings (SSSR count). The summed E-state index contributed by atoms with van der Waals surface area (Å²) in [6, 6.07) is 7.66. The van der Waals surface area contributed by atoms with Crippen LogP contribution in [-0.4, -0.2) is 56.7 Å². The highest BCUT2D eigenvalue weighted by Gasteiger charge is 2.11. The molecule has 0 heterocycles. The number of aliphatic imine (C=N–C) groups is 1. The number of ether oxygens (including phenoxy) is 1. The molecule has 0 fully saturated rings. The van der Waals surface area contributed by atoms with Gasteiger partial charge in [0.1, 0.15) is 0 Å². The lowest BCUT2D eigenvalue weighted by atomic mass is 10.1. The Morgan fingerprint density at radius 3 is 2.33 bits per heavy atom. The first-order valence-electron chi connectivity index (χ1n) is 8.55. The number of rotatable bonds is 9. The predicted octanol–water partition coefficient (Wildman–Crippen LogP) is 1.87. The molecule has 0 saturated carbocycles. The molecule has 0 saturated heterocycles. The zero-order valence-electron chi connectivity index (χ0n) is 15.3. The molecule has 0 radical (unpaired) electrons. The van der Waals surface area contributed by atoms with Crippen LogP contribution >= 0.6 is 0 Å². The molecule has 0 spiro atoms. The summed E-state index contributed by atoms with van der Waals surface area (Å²) in [4.78, 5) is 18.6. The fourth-order valence-corrected chi connectivity index (χ4v) is 2.23. The summed E-state index contributed by atoms with van der Waals surface area (Å²) >= 11 is 0. The van der Waals surface area contributed by atoms with Crippen LogP contribution in [0.25, 0.3) is 0 Å². The minimum absolute atomic E-state index is 0.0737. The third-order valence-electron chi connectivity index (χ3n) is 3.61. The van der Waals surface area contributed by atoms with Crippen molar-refractivity contribution in [3.05, 3.63) is 35.4 Å². The summed E-state index contributed by atoms with van der Waals surface area (Å²) in [5.41, 5.74) is 1.78. The van der Waals surface area contributed by atoms with Crippen molar-refractivity contribution in [2.75, 3.05) is 39.9 Å². The van der Waals surface area contributed by atoms with E-state index in [-0.39, 0.29) is 5.91 Å². The molecule has 2 N–H and O–H groups in total. The SMILES string of the molecule is CCNC(=NCc1ccc(C(=O)N(CC)CC)cc1)NCCOC. The van der Waals surface area contributed by atoms with E-state index in [0.29, 0.717) is 19.7 Å². The molecule has 0 aliphatic rings. The zero-order valence-corrected chi connectivity index (χ0v) is 15.3. The number of hydrogen-bond donors (Lipinski definition) is 2. The van der Waals surface area contributed by atoms with Crippen molar-refractivity contribution in [1.29, 1.82) is 0 Å². The summed E-state index contributed by atoms with van der Waals surface area (Å²) in [6.07, 6.45) is 0. The molecule has 1 aromatic rings. The maximum Gasteiger partial charge on any atom is 0.253 e. The highest BCUT2D eigenvalue weighted by molar-refractivity contribution is 5.94. The number of amides is 1. The molecule has 6 nitrogen and oxygen atoms in total. The van der Waals surface area contributed by atoms with E-state index >= 15 is 0 Å². The van der Waals surface area contributed by atoms with Gasteiger partial charge in [-0.05, 0) is 38.5 Å². The van der Waals surface area contributed by atoms with Crippen LogP contribution in [-0.2, 0) is 11.3 Å². The van der Waals surface area contributed by atoms with E-state index in [4.69, 9.17) is 4.74 Å². The molecule has 134 valence electrons. The summed E-state index contributed by atoms with van der Waals surface area (Å²) in [5, 5.41) is 6.40. The van der Waals surface area contributed by atoms with E-state index in [0.717, 1.165) is 36.7 Å². The molecular weight excluding hydrogens is 304 g/mol. The number of hydrogen-bond acceptors (Lipinski definition) is 3. The van der Waals surface area contributed by atoms with E-state index in [1.807, 2.05) is 49.9 Å². The number of carbonyl (C=O) groups excluding carboxylic acids is 1. The third kappa shape index (κ3) is 6.58. The number of nitrogens with one attached hydrogen (secondary N) is 2. The van der Waals surface area contributed by atoms with Gasteiger partial charge < -0.3 is 20.3 Å². The van der Waals surface area contributed by atoms with Crippen molar-refractivity contribution < 1.29 is 9.53 Å². The number of guanidine groups is 1. The largest absolute Gasteiger partial charge is 0.383 e. The van der Waals surface area contributed by atoms with Gasteiger partial charge in [0.2, 0.25) is 0 Å². The van der Waals surface area contributed by atoms with Crippen LogP contribution in [0, 0.1) is 0 Å². The van der Waals surface area contributed by atoms with Gasteiger partial charge in [0.15, 0.2) is 5.96 Å². The van der Waals surface area contributed by atoms with Gasteiger partial charge in [-0.1, -0.05) is 12.1 Å². The van der Waals surface area contributed by atoms with Gasteiger partial charge in [-0.3, -0.25) is 4.79 Å². The first-order chi connectivity index (χ1) is 11.7. The van der Waals surface area contributed by atoms with E-state index in [1.165, 1.54) is 0 Å². The van der Waals surface area contributed by atoms with Crippen molar-refractivity contribution in [2.24, 2.45) is 4.99 Å². The smallest absolute Gasteiger partial charge is 0.253 e. The molecule has 0 atom stereocenters. The summed E-state index contributed by atoms with van der Waals surface area (Å²) in [6.45, 7) is 10.2. The minimum atomic E-state index is 0.0737. The Labute approximate surface area is 145 Å². The Morgan fingerprint density at radius 1 is 1.12 bits per heavy atom.